The zero-order chi connectivity index (χ0) is 16.2. The van der Waals surface area contributed by atoms with Crippen LogP contribution in [0.3, 0.4) is 0 Å². The summed E-state index contributed by atoms with van der Waals surface area (Å²) in [4.78, 5) is 0. The van der Waals surface area contributed by atoms with Crippen molar-refractivity contribution in [2.45, 2.75) is 57.8 Å². The summed E-state index contributed by atoms with van der Waals surface area (Å²) in [5.74, 6) is 0.0281. The first-order valence-corrected chi connectivity index (χ1v) is 8.95. The van der Waals surface area contributed by atoms with Gasteiger partial charge in [0.2, 0.25) is 6.43 Å². The summed E-state index contributed by atoms with van der Waals surface area (Å²) < 4.78 is 26.5. The summed E-state index contributed by atoms with van der Waals surface area (Å²) >= 11 is 0. The van der Waals surface area contributed by atoms with Crippen molar-refractivity contribution in [3.8, 4) is 0 Å². The third-order valence-corrected chi connectivity index (χ3v) is 5.46. The van der Waals surface area contributed by atoms with Gasteiger partial charge in [0.1, 0.15) is 0 Å². The average Bonchev–Trinajstić information content (AvgIpc) is 2.52. The first-order valence-electron chi connectivity index (χ1n) is 8.95. The SMILES string of the molecule is C=C1NCCc2cc(CC3CCCCC3)ccc2CC1C(F)F. The van der Waals surface area contributed by atoms with Gasteiger partial charge in [0.05, 0.1) is 5.92 Å². The van der Waals surface area contributed by atoms with Gasteiger partial charge in [-0.1, -0.05) is 56.9 Å². The van der Waals surface area contributed by atoms with Crippen molar-refractivity contribution in [1.82, 2.24) is 5.32 Å². The lowest BCUT2D eigenvalue weighted by atomic mass is 9.83. The molecule has 0 spiro atoms. The molecule has 0 bridgehead atoms. The molecule has 2 aliphatic rings. The molecular formula is C20H27F2N. The summed E-state index contributed by atoms with van der Waals surface area (Å²) in [7, 11) is 0. The van der Waals surface area contributed by atoms with E-state index in [4.69, 9.17) is 0 Å². The fourth-order valence-corrected chi connectivity index (χ4v) is 4.05. The minimum Gasteiger partial charge on any atom is -0.388 e. The Kier molecular flexibility index (Phi) is 5.34. The molecule has 3 heteroatoms. The molecule has 1 nitrogen and oxygen atoms in total. The van der Waals surface area contributed by atoms with Crippen LogP contribution < -0.4 is 5.32 Å². The predicted molar refractivity (Wildman–Crippen MR) is 90.8 cm³/mol. The van der Waals surface area contributed by atoms with Crippen molar-refractivity contribution < 1.29 is 8.78 Å². The average molecular weight is 319 g/mol. The van der Waals surface area contributed by atoms with E-state index in [1.165, 1.54) is 43.2 Å². The molecule has 23 heavy (non-hydrogen) atoms. The van der Waals surface area contributed by atoms with E-state index in [0.717, 1.165) is 24.3 Å². The van der Waals surface area contributed by atoms with Crippen molar-refractivity contribution in [2.75, 3.05) is 6.54 Å². The second-order valence-corrected chi connectivity index (χ2v) is 7.16. The van der Waals surface area contributed by atoms with Crippen LogP contribution in [0.2, 0.25) is 0 Å². The van der Waals surface area contributed by atoms with Crippen LogP contribution in [0, 0.1) is 11.8 Å². The normalized spacial score (nSPS) is 23.1. The molecular weight excluding hydrogens is 292 g/mol. The summed E-state index contributed by atoms with van der Waals surface area (Å²) in [6.07, 6.45) is 6.85. The van der Waals surface area contributed by atoms with E-state index < -0.39 is 12.3 Å². The van der Waals surface area contributed by atoms with Crippen LogP contribution in [0.1, 0.15) is 48.8 Å². The van der Waals surface area contributed by atoms with Gasteiger partial charge in [-0.05, 0) is 41.9 Å². The van der Waals surface area contributed by atoms with E-state index in [9.17, 15) is 8.78 Å². The van der Waals surface area contributed by atoms with Crippen LogP contribution in [-0.2, 0) is 19.3 Å². The lowest BCUT2D eigenvalue weighted by Gasteiger charge is -2.26. The highest BCUT2D eigenvalue weighted by Crippen LogP contribution is 2.30. The van der Waals surface area contributed by atoms with E-state index in [-0.39, 0.29) is 0 Å². The molecule has 3 rings (SSSR count). The Bertz CT molecular complexity index is 547. The van der Waals surface area contributed by atoms with E-state index in [0.29, 0.717) is 18.7 Å². The van der Waals surface area contributed by atoms with Crippen molar-refractivity contribution in [1.29, 1.82) is 0 Å². The zero-order valence-corrected chi connectivity index (χ0v) is 13.8. The van der Waals surface area contributed by atoms with E-state index >= 15 is 0 Å². The maximum absolute atomic E-state index is 13.3. The van der Waals surface area contributed by atoms with Gasteiger partial charge in [0, 0.05) is 12.2 Å². The number of hydrogen-bond acceptors (Lipinski definition) is 1. The fourth-order valence-electron chi connectivity index (χ4n) is 4.05. The Morgan fingerprint density at radius 2 is 1.91 bits per heavy atom. The minimum atomic E-state index is -2.36. The van der Waals surface area contributed by atoms with Crippen LogP contribution >= 0.6 is 0 Å². The van der Waals surface area contributed by atoms with Crippen LogP contribution in [0.5, 0.6) is 0 Å². The smallest absolute Gasteiger partial charge is 0.247 e. The van der Waals surface area contributed by atoms with E-state index in [1.54, 1.807) is 0 Å². The Morgan fingerprint density at radius 3 is 2.65 bits per heavy atom. The highest BCUT2D eigenvalue weighted by molar-refractivity contribution is 5.34. The van der Waals surface area contributed by atoms with Crippen molar-refractivity contribution in [3.63, 3.8) is 0 Å². The number of fused-ring (bicyclic) bond motifs is 1. The molecule has 1 aromatic rings. The van der Waals surface area contributed by atoms with Gasteiger partial charge in [-0.25, -0.2) is 8.78 Å². The molecule has 1 saturated carbocycles. The van der Waals surface area contributed by atoms with Gasteiger partial charge in [-0.15, -0.1) is 0 Å². The Morgan fingerprint density at radius 1 is 1.13 bits per heavy atom. The largest absolute Gasteiger partial charge is 0.388 e. The van der Waals surface area contributed by atoms with Crippen LogP contribution in [0.15, 0.2) is 30.5 Å². The van der Waals surface area contributed by atoms with Gasteiger partial charge in [-0.3, -0.25) is 0 Å². The van der Waals surface area contributed by atoms with Crippen LogP contribution in [-0.4, -0.2) is 13.0 Å². The van der Waals surface area contributed by atoms with Gasteiger partial charge in [-0.2, -0.15) is 0 Å². The van der Waals surface area contributed by atoms with Gasteiger partial charge < -0.3 is 5.32 Å². The highest BCUT2D eigenvalue weighted by atomic mass is 19.3. The van der Waals surface area contributed by atoms with Crippen LogP contribution in [0.4, 0.5) is 8.78 Å². The number of alkyl halides is 2. The molecule has 0 radical (unpaired) electrons. The standard InChI is InChI=1S/C20H27F2N/c1-14-19(20(21)22)13-17-8-7-16(12-18(17)9-10-23-14)11-15-5-3-2-4-6-15/h7-8,12,15,19-20,23H,1-6,9-11,13H2. The van der Waals surface area contributed by atoms with E-state index in [2.05, 4.69) is 30.1 Å². The van der Waals surface area contributed by atoms with Crippen molar-refractivity contribution >= 4 is 0 Å². The second-order valence-electron chi connectivity index (χ2n) is 7.16. The summed E-state index contributed by atoms with van der Waals surface area (Å²) in [6, 6.07) is 6.51. The molecule has 1 unspecified atom stereocenters. The minimum absolute atomic E-state index is 0.391. The monoisotopic (exact) mass is 319 g/mol. The number of benzene rings is 1. The number of rotatable bonds is 3. The first-order chi connectivity index (χ1) is 11.1. The maximum Gasteiger partial charge on any atom is 0.247 e. The molecule has 126 valence electrons. The fraction of sp³-hybridized carbons (Fsp3) is 0.600. The van der Waals surface area contributed by atoms with E-state index in [1.807, 2.05) is 0 Å². The van der Waals surface area contributed by atoms with Gasteiger partial charge in [0.25, 0.3) is 0 Å². The molecule has 1 aromatic carbocycles. The molecule has 0 saturated heterocycles. The number of allylic oxidation sites excluding steroid dienone is 1. The Hall–Kier alpha value is -1.38. The molecule has 1 aliphatic heterocycles. The predicted octanol–water partition coefficient (Wildman–Crippen LogP) is 4.89. The lowest BCUT2D eigenvalue weighted by Crippen LogP contribution is -2.30. The summed E-state index contributed by atoms with van der Waals surface area (Å²) in [6.45, 7) is 4.49. The van der Waals surface area contributed by atoms with Crippen LogP contribution in [0.25, 0.3) is 0 Å². The van der Waals surface area contributed by atoms with Gasteiger partial charge in [0.15, 0.2) is 0 Å². The summed E-state index contributed by atoms with van der Waals surface area (Å²) in [5, 5.41) is 3.08. The molecule has 1 aliphatic carbocycles. The Balaban J connectivity index is 1.76. The Labute approximate surface area is 138 Å². The highest BCUT2D eigenvalue weighted by Gasteiger charge is 2.26. The maximum atomic E-state index is 13.3. The molecule has 0 amide bonds. The van der Waals surface area contributed by atoms with Gasteiger partial charge >= 0.3 is 0 Å². The second kappa shape index (κ2) is 7.46. The topological polar surface area (TPSA) is 12.0 Å². The molecule has 1 N–H and O–H groups in total. The lowest BCUT2D eigenvalue weighted by molar-refractivity contribution is 0.0910. The number of hydrogen-bond donors (Lipinski definition) is 1. The molecule has 1 fully saturated rings. The molecule has 0 aromatic heterocycles. The molecule has 1 atom stereocenters. The number of nitrogens with one attached hydrogen (secondary N) is 1. The molecule has 1 heterocycles. The zero-order valence-electron chi connectivity index (χ0n) is 13.8. The number of halogens is 2. The summed E-state index contributed by atoms with van der Waals surface area (Å²) in [5.41, 5.74) is 4.18. The quantitative estimate of drug-likeness (QED) is 0.836. The van der Waals surface area contributed by atoms with Crippen molar-refractivity contribution in [2.24, 2.45) is 11.8 Å². The van der Waals surface area contributed by atoms with Crippen molar-refractivity contribution in [3.05, 3.63) is 47.2 Å². The third kappa shape index (κ3) is 4.13. The first kappa shape index (κ1) is 16.5. The third-order valence-electron chi connectivity index (χ3n) is 5.46.